The Balaban J connectivity index is 2.00. The lowest BCUT2D eigenvalue weighted by atomic mass is 9.64. The third-order valence-electron chi connectivity index (χ3n) is 5.18. The van der Waals surface area contributed by atoms with Gasteiger partial charge in [0.25, 0.3) is 0 Å². The molecule has 122 valence electrons. The molecule has 2 aliphatic rings. The van der Waals surface area contributed by atoms with Crippen molar-refractivity contribution in [1.82, 2.24) is 5.32 Å². The van der Waals surface area contributed by atoms with E-state index in [4.69, 9.17) is 0 Å². The minimum absolute atomic E-state index is 0.185. The number of benzene rings is 1. The highest BCUT2D eigenvalue weighted by Crippen LogP contribution is 2.39. The van der Waals surface area contributed by atoms with Crippen LogP contribution >= 0.6 is 0 Å². The van der Waals surface area contributed by atoms with E-state index < -0.39 is 6.36 Å². The zero-order chi connectivity index (χ0) is 16.8. The average molecular weight is 322 g/mol. The summed E-state index contributed by atoms with van der Waals surface area (Å²) in [4.78, 5) is 2.16. The molecule has 2 aliphatic heterocycles. The van der Waals surface area contributed by atoms with Crippen LogP contribution in [0.4, 0.5) is 18.9 Å². The number of nitrogens with zero attached hydrogens (tertiary/aromatic N) is 1. The van der Waals surface area contributed by atoms with Gasteiger partial charge in [0.2, 0.25) is 0 Å². The molecule has 0 saturated heterocycles. The second-order valence-electron chi connectivity index (χ2n) is 6.74. The maximum atomic E-state index is 12.5. The van der Waals surface area contributed by atoms with Gasteiger partial charge in [-0.05, 0) is 23.5 Å². The highest BCUT2D eigenvalue weighted by Gasteiger charge is 2.38. The lowest BCUT2D eigenvalue weighted by molar-refractivity contribution is -0.325. The predicted octanol–water partition coefficient (Wildman–Crippen LogP) is -1.30. The first-order valence-electron chi connectivity index (χ1n) is 8.09. The van der Waals surface area contributed by atoms with Crippen LogP contribution in [-0.2, 0) is 17.7 Å². The van der Waals surface area contributed by atoms with E-state index in [9.17, 15) is 13.2 Å². The van der Waals surface area contributed by atoms with E-state index in [-0.39, 0.29) is 18.6 Å². The van der Waals surface area contributed by atoms with Gasteiger partial charge in [-0.3, -0.25) is 4.74 Å². The molecule has 2 heterocycles. The smallest absolute Gasteiger partial charge is 0.370 e. The van der Waals surface area contributed by atoms with Crippen LogP contribution in [0.15, 0.2) is 12.1 Å². The molecule has 3 nitrogen and oxygen atoms in total. The van der Waals surface area contributed by atoms with Crippen molar-refractivity contribution in [2.45, 2.75) is 37.1 Å². The maximum absolute atomic E-state index is 12.5. The van der Waals surface area contributed by atoms with Crippen molar-refractivity contribution in [1.29, 1.82) is 0 Å². The molecule has 3 rings (SSSR count). The molecule has 23 heavy (non-hydrogen) atoms. The van der Waals surface area contributed by atoms with Crippen molar-refractivity contribution < 1.29 is 17.9 Å². The molecule has 0 aromatic heterocycles. The summed E-state index contributed by atoms with van der Waals surface area (Å²) in [5.41, 5.74) is 4.74. The molecular weight excluding hydrogens is 302 g/mol. The molecule has 1 N–H and O–H groups in total. The average Bonchev–Trinajstić information content (AvgIpc) is 2.66. The van der Waals surface area contributed by atoms with Gasteiger partial charge in [-0.15, -0.1) is 13.2 Å². The highest BCUT2D eigenvalue weighted by atomic mass is 19.4. The monoisotopic (exact) mass is 322 g/mol. The van der Waals surface area contributed by atoms with Crippen LogP contribution in [0.1, 0.15) is 11.1 Å². The first-order chi connectivity index (χ1) is 10.8. The summed E-state index contributed by atoms with van der Waals surface area (Å²) in [5, 5.41) is 3.30. The first kappa shape index (κ1) is 16.8. The summed E-state index contributed by atoms with van der Waals surface area (Å²) in [5.74, 6) is 0.578. The van der Waals surface area contributed by atoms with Crippen LogP contribution in [-0.4, -0.2) is 55.0 Å². The molecule has 9 heteroatoms. The number of halogens is 3. The fourth-order valence-corrected chi connectivity index (χ4v) is 3.80. The van der Waals surface area contributed by atoms with E-state index in [1.165, 1.54) is 16.6 Å². The molecule has 0 saturated carbocycles. The highest BCUT2D eigenvalue weighted by molar-refractivity contribution is 6.34. The van der Waals surface area contributed by atoms with E-state index >= 15 is 0 Å². The molecule has 0 amide bonds. The van der Waals surface area contributed by atoms with Crippen LogP contribution in [0.25, 0.3) is 0 Å². The molecule has 0 fully saturated rings. The number of alkyl halides is 3. The van der Waals surface area contributed by atoms with E-state index in [0.29, 0.717) is 18.9 Å². The summed E-state index contributed by atoms with van der Waals surface area (Å²) in [6.45, 7) is 0.830. The van der Waals surface area contributed by atoms with Gasteiger partial charge in [-0.25, -0.2) is 0 Å². The number of rotatable bonds is 2. The Morgan fingerprint density at radius 2 is 2.04 bits per heavy atom. The Morgan fingerprint density at radius 3 is 2.74 bits per heavy atom. The second kappa shape index (κ2) is 6.09. The van der Waals surface area contributed by atoms with Crippen LogP contribution in [0.5, 0.6) is 0 Å². The molecule has 0 bridgehead atoms. The summed E-state index contributed by atoms with van der Waals surface area (Å²) < 4.78 is 41.7. The Morgan fingerprint density at radius 1 is 1.30 bits per heavy atom. The van der Waals surface area contributed by atoms with Crippen LogP contribution in [0.3, 0.4) is 0 Å². The van der Waals surface area contributed by atoms with Crippen molar-refractivity contribution in [3.63, 3.8) is 0 Å². The summed E-state index contributed by atoms with van der Waals surface area (Å²) >= 11 is 0. The predicted molar refractivity (Wildman–Crippen MR) is 92.9 cm³/mol. The Kier molecular flexibility index (Phi) is 4.44. The Labute approximate surface area is 137 Å². The molecule has 0 spiro atoms. The van der Waals surface area contributed by atoms with E-state index in [2.05, 4.69) is 50.6 Å². The lowest BCUT2D eigenvalue weighted by Gasteiger charge is -2.46. The number of anilines is 1. The van der Waals surface area contributed by atoms with Gasteiger partial charge in [0.15, 0.2) is 0 Å². The number of ether oxygens (including phenoxy) is 1. The zero-order valence-corrected chi connectivity index (χ0v) is 13.7. The van der Waals surface area contributed by atoms with Gasteiger partial charge in [0.05, 0.1) is 12.6 Å². The quantitative estimate of drug-likeness (QED) is 0.685. The third-order valence-corrected chi connectivity index (χ3v) is 5.18. The van der Waals surface area contributed by atoms with Crippen LogP contribution in [0, 0.1) is 0 Å². The second-order valence-corrected chi connectivity index (χ2v) is 6.74. The normalized spacial score (nSPS) is 27.4. The molecule has 1 aromatic rings. The Hall–Kier alpha value is -1.08. The van der Waals surface area contributed by atoms with E-state index in [1.807, 2.05) is 0 Å². The Bertz CT molecular complexity index is 599. The van der Waals surface area contributed by atoms with Gasteiger partial charge in [0, 0.05) is 18.8 Å². The largest absolute Gasteiger partial charge is 0.522 e. The lowest BCUT2D eigenvalue weighted by Crippen LogP contribution is -2.54. The van der Waals surface area contributed by atoms with Crippen molar-refractivity contribution >= 4 is 34.7 Å². The molecule has 0 aliphatic carbocycles. The van der Waals surface area contributed by atoms with Gasteiger partial charge in [-0.2, -0.15) is 0 Å². The summed E-state index contributed by atoms with van der Waals surface area (Å²) in [7, 11) is 6.32. The van der Waals surface area contributed by atoms with Gasteiger partial charge < -0.3 is 10.2 Å². The molecule has 3 atom stereocenters. The molecular formula is C14H20B3F3N2O. The first-order valence-corrected chi connectivity index (χ1v) is 8.09. The standard InChI is InChI=1S/C14H20B3F3N2O/c15-10-2-1-7-3-11(16)13(17)22-8(6-23-14(18,19)20)4-21-5-9(10)12(7)22/h1-2,8,11,13,21H,3-6,15-17H2. The van der Waals surface area contributed by atoms with E-state index in [0.717, 1.165) is 12.1 Å². The van der Waals surface area contributed by atoms with Crippen molar-refractivity contribution in [3.8, 4) is 0 Å². The molecule has 1 aromatic carbocycles. The minimum Gasteiger partial charge on any atom is -0.370 e. The van der Waals surface area contributed by atoms with Gasteiger partial charge >= 0.3 is 6.36 Å². The molecule has 3 unspecified atom stereocenters. The van der Waals surface area contributed by atoms with Crippen molar-refractivity contribution in [2.75, 3.05) is 18.1 Å². The van der Waals surface area contributed by atoms with E-state index in [1.54, 1.807) is 0 Å². The SMILES string of the molecule is Bc1ccc2c3c1CNCC(COC(F)(F)F)N3C(B)C(B)C2. The molecule has 0 radical (unpaired) electrons. The fourth-order valence-electron chi connectivity index (χ4n) is 3.80. The topological polar surface area (TPSA) is 24.5 Å². The zero-order valence-electron chi connectivity index (χ0n) is 13.7. The maximum Gasteiger partial charge on any atom is 0.522 e. The number of hydrogen-bond acceptors (Lipinski definition) is 3. The fraction of sp³-hybridized carbons (Fsp3) is 0.571. The summed E-state index contributed by atoms with van der Waals surface area (Å²) in [6, 6.07) is 3.91. The van der Waals surface area contributed by atoms with Gasteiger partial charge in [0.1, 0.15) is 23.5 Å². The number of hydrogen-bond donors (Lipinski definition) is 1. The third kappa shape index (κ3) is 3.26. The van der Waals surface area contributed by atoms with Crippen LogP contribution < -0.4 is 15.7 Å². The van der Waals surface area contributed by atoms with Crippen molar-refractivity contribution in [2.24, 2.45) is 0 Å². The van der Waals surface area contributed by atoms with Crippen LogP contribution in [0.2, 0.25) is 5.82 Å². The number of nitrogens with one attached hydrogen (secondary N) is 1. The van der Waals surface area contributed by atoms with Crippen molar-refractivity contribution in [3.05, 3.63) is 23.3 Å². The summed E-state index contributed by atoms with van der Waals surface area (Å²) in [6.07, 6.45) is -3.62. The minimum atomic E-state index is -4.59. The van der Waals surface area contributed by atoms with Gasteiger partial charge in [-0.1, -0.05) is 23.4 Å².